The third-order valence-corrected chi connectivity index (χ3v) is 7.50. The molecule has 0 aliphatic rings. The second kappa shape index (κ2) is 11.4. The summed E-state index contributed by atoms with van der Waals surface area (Å²) in [6, 6.07) is 19.3. The molecule has 35 heavy (non-hydrogen) atoms. The van der Waals surface area contributed by atoms with Crippen molar-refractivity contribution in [3.05, 3.63) is 88.9 Å². The first-order valence-corrected chi connectivity index (χ1v) is 13.0. The van der Waals surface area contributed by atoms with E-state index in [0.717, 1.165) is 9.87 Å². The van der Waals surface area contributed by atoms with E-state index in [2.05, 4.69) is 5.32 Å². The van der Waals surface area contributed by atoms with Crippen LogP contribution >= 0.6 is 11.6 Å². The van der Waals surface area contributed by atoms with Gasteiger partial charge in [0.2, 0.25) is 5.91 Å². The van der Waals surface area contributed by atoms with E-state index < -0.39 is 22.5 Å². The van der Waals surface area contributed by atoms with Gasteiger partial charge in [0, 0.05) is 18.1 Å². The number of nitrogens with zero attached hydrogens (tertiary/aromatic N) is 2. The molecule has 0 aliphatic carbocycles. The lowest BCUT2D eigenvalue weighted by molar-refractivity contribution is -0.114. The molecule has 0 fully saturated rings. The van der Waals surface area contributed by atoms with Crippen LogP contribution in [-0.2, 0) is 14.8 Å². The molecule has 1 N–H and O–H groups in total. The lowest BCUT2D eigenvalue weighted by Crippen LogP contribution is -2.38. The van der Waals surface area contributed by atoms with Gasteiger partial charge in [-0.25, -0.2) is 8.42 Å². The maximum absolute atomic E-state index is 13.5. The minimum Gasteiger partial charge on any atom is -0.339 e. The number of benzene rings is 3. The molecule has 3 aromatic rings. The van der Waals surface area contributed by atoms with Crippen molar-refractivity contribution < 1.29 is 18.0 Å². The fourth-order valence-corrected chi connectivity index (χ4v) is 5.15. The van der Waals surface area contributed by atoms with Crippen LogP contribution in [0.25, 0.3) is 0 Å². The Labute approximate surface area is 211 Å². The van der Waals surface area contributed by atoms with Crippen LogP contribution in [0.1, 0.15) is 29.8 Å². The molecule has 184 valence electrons. The molecule has 9 heteroatoms. The molecule has 3 aromatic carbocycles. The molecule has 0 saturated carbocycles. The van der Waals surface area contributed by atoms with Gasteiger partial charge in [0.25, 0.3) is 15.9 Å². The molecular formula is C26H28ClN3O4S. The Morgan fingerprint density at radius 3 is 2.20 bits per heavy atom. The third kappa shape index (κ3) is 6.21. The molecule has 7 nitrogen and oxygen atoms in total. The van der Waals surface area contributed by atoms with Crippen LogP contribution in [0.4, 0.5) is 11.4 Å². The molecule has 0 spiro atoms. The maximum atomic E-state index is 13.5. The van der Waals surface area contributed by atoms with Crippen LogP contribution in [0.2, 0.25) is 5.02 Å². The van der Waals surface area contributed by atoms with Crippen LogP contribution in [0.15, 0.2) is 77.7 Å². The van der Waals surface area contributed by atoms with Gasteiger partial charge in [-0.2, -0.15) is 0 Å². The van der Waals surface area contributed by atoms with Crippen molar-refractivity contribution in [1.29, 1.82) is 0 Å². The number of nitrogens with one attached hydrogen (secondary N) is 1. The van der Waals surface area contributed by atoms with Gasteiger partial charge in [-0.05, 0) is 74.9 Å². The SMILES string of the molecule is CCN(CC)C(=O)c1ccccc1NC(=O)CN(c1cccc(C)c1)S(=O)(=O)c1ccc(Cl)cc1. The fourth-order valence-electron chi connectivity index (χ4n) is 3.61. The van der Waals surface area contributed by atoms with E-state index in [9.17, 15) is 18.0 Å². The molecule has 0 unspecified atom stereocenters. The molecule has 0 aliphatic heterocycles. The van der Waals surface area contributed by atoms with E-state index in [1.807, 2.05) is 26.8 Å². The minimum atomic E-state index is -4.08. The van der Waals surface area contributed by atoms with Crippen molar-refractivity contribution in [2.24, 2.45) is 0 Å². The first-order chi connectivity index (χ1) is 16.7. The normalized spacial score (nSPS) is 11.1. The number of anilines is 2. The number of aryl methyl sites for hydroxylation is 1. The Morgan fingerprint density at radius 1 is 0.914 bits per heavy atom. The highest BCUT2D eigenvalue weighted by Gasteiger charge is 2.28. The largest absolute Gasteiger partial charge is 0.339 e. The number of carbonyl (C=O) groups is 2. The van der Waals surface area contributed by atoms with Crippen molar-refractivity contribution in [2.45, 2.75) is 25.7 Å². The molecule has 0 atom stereocenters. The summed E-state index contributed by atoms with van der Waals surface area (Å²) in [6.07, 6.45) is 0. The molecule has 2 amide bonds. The average Bonchev–Trinajstić information content (AvgIpc) is 2.83. The fraction of sp³-hybridized carbons (Fsp3) is 0.231. The summed E-state index contributed by atoms with van der Waals surface area (Å²) in [5.41, 5.74) is 1.85. The van der Waals surface area contributed by atoms with Crippen molar-refractivity contribution >= 4 is 44.8 Å². The summed E-state index contributed by atoms with van der Waals surface area (Å²) in [7, 11) is -4.08. The number of hydrogen-bond acceptors (Lipinski definition) is 4. The number of amides is 2. The molecule has 0 saturated heterocycles. The lowest BCUT2D eigenvalue weighted by Gasteiger charge is -2.25. The first kappa shape index (κ1) is 26.2. The van der Waals surface area contributed by atoms with Gasteiger partial charge in [-0.1, -0.05) is 35.9 Å². The Morgan fingerprint density at radius 2 is 1.57 bits per heavy atom. The second-order valence-corrected chi connectivity index (χ2v) is 10.2. The van der Waals surface area contributed by atoms with Crippen LogP contribution in [-0.4, -0.2) is 44.8 Å². The molecule has 3 rings (SSSR count). The molecule has 0 aromatic heterocycles. The summed E-state index contributed by atoms with van der Waals surface area (Å²) in [5, 5.41) is 3.13. The minimum absolute atomic E-state index is 0.00770. The zero-order valence-electron chi connectivity index (χ0n) is 19.9. The van der Waals surface area contributed by atoms with Crippen molar-refractivity contribution in [3.8, 4) is 0 Å². The monoisotopic (exact) mass is 513 g/mol. The van der Waals surface area contributed by atoms with Crippen LogP contribution in [0.3, 0.4) is 0 Å². The highest BCUT2D eigenvalue weighted by Crippen LogP contribution is 2.26. The maximum Gasteiger partial charge on any atom is 0.264 e. The topological polar surface area (TPSA) is 86.8 Å². The number of sulfonamides is 1. The average molecular weight is 514 g/mol. The quantitative estimate of drug-likeness (QED) is 0.438. The number of para-hydroxylation sites is 1. The number of hydrogen-bond donors (Lipinski definition) is 1. The Kier molecular flexibility index (Phi) is 8.53. The first-order valence-electron chi connectivity index (χ1n) is 11.2. The van der Waals surface area contributed by atoms with Gasteiger partial charge in [0.1, 0.15) is 6.54 Å². The number of carbonyl (C=O) groups excluding carboxylic acids is 2. The molecule has 0 heterocycles. The summed E-state index contributed by atoms with van der Waals surface area (Å²) >= 11 is 5.93. The van der Waals surface area contributed by atoms with Gasteiger partial charge in [-0.3, -0.25) is 13.9 Å². The summed E-state index contributed by atoms with van der Waals surface area (Å²) in [4.78, 5) is 27.7. The molecular weight excluding hydrogens is 486 g/mol. The van der Waals surface area contributed by atoms with E-state index in [1.54, 1.807) is 47.4 Å². The molecule has 0 radical (unpaired) electrons. The van der Waals surface area contributed by atoms with E-state index in [4.69, 9.17) is 11.6 Å². The summed E-state index contributed by atoms with van der Waals surface area (Å²) in [5.74, 6) is -0.793. The Bertz CT molecular complexity index is 1310. The van der Waals surface area contributed by atoms with Gasteiger partial charge < -0.3 is 10.2 Å². The predicted molar refractivity (Wildman–Crippen MR) is 139 cm³/mol. The van der Waals surface area contributed by atoms with E-state index in [1.165, 1.54) is 24.3 Å². The Hall–Kier alpha value is -3.36. The highest BCUT2D eigenvalue weighted by atomic mass is 35.5. The van der Waals surface area contributed by atoms with Gasteiger partial charge in [0.15, 0.2) is 0 Å². The van der Waals surface area contributed by atoms with E-state index in [-0.39, 0.29) is 10.8 Å². The second-order valence-electron chi connectivity index (χ2n) is 7.88. The van der Waals surface area contributed by atoms with Crippen molar-refractivity contribution in [1.82, 2.24) is 4.90 Å². The van der Waals surface area contributed by atoms with E-state index >= 15 is 0 Å². The standard InChI is InChI=1S/C26H28ClN3O4S/c1-4-29(5-2)26(32)23-11-6-7-12-24(23)28-25(31)18-30(21-10-8-9-19(3)17-21)35(33,34)22-15-13-20(27)14-16-22/h6-17H,4-5,18H2,1-3H3,(H,28,31). The van der Waals surface area contributed by atoms with Crippen molar-refractivity contribution in [3.63, 3.8) is 0 Å². The molecule has 0 bridgehead atoms. The summed E-state index contributed by atoms with van der Waals surface area (Å²) in [6.45, 7) is 6.16. The number of halogens is 1. The van der Waals surface area contributed by atoms with Gasteiger partial charge in [-0.15, -0.1) is 0 Å². The number of rotatable bonds is 9. The van der Waals surface area contributed by atoms with Crippen LogP contribution < -0.4 is 9.62 Å². The zero-order chi connectivity index (χ0) is 25.6. The Balaban J connectivity index is 1.94. The van der Waals surface area contributed by atoms with E-state index in [0.29, 0.717) is 35.1 Å². The van der Waals surface area contributed by atoms with Gasteiger partial charge >= 0.3 is 0 Å². The zero-order valence-corrected chi connectivity index (χ0v) is 21.4. The smallest absolute Gasteiger partial charge is 0.264 e. The van der Waals surface area contributed by atoms with Crippen LogP contribution in [0.5, 0.6) is 0 Å². The third-order valence-electron chi connectivity index (χ3n) is 5.46. The highest BCUT2D eigenvalue weighted by molar-refractivity contribution is 7.92. The van der Waals surface area contributed by atoms with Gasteiger partial charge in [0.05, 0.1) is 21.8 Å². The summed E-state index contributed by atoms with van der Waals surface area (Å²) < 4.78 is 28.1. The van der Waals surface area contributed by atoms with Crippen LogP contribution in [0, 0.1) is 6.92 Å². The van der Waals surface area contributed by atoms with Crippen molar-refractivity contribution in [2.75, 3.05) is 29.3 Å². The lowest BCUT2D eigenvalue weighted by atomic mass is 10.1. The predicted octanol–water partition coefficient (Wildman–Crippen LogP) is 4.96.